The smallest absolute Gasteiger partial charge is 0.264 e. The maximum Gasteiger partial charge on any atom is 0.264 e. The van der Waals surface area contributed by atoms with Crippen molar-refractivity contribution in [2.75, 3.05) is 44.9 Å². The van der Waals surface area contributed by atoms with Gasteiger partial charge in [-0.15, -0.1) is 0 Å². The van der Waals surface area contributed by atoms with Crippen LogP contribution in [0.25, 0.3) is 0 Å². The Balaban J connectivity index is 1.42. The van der Waals surface area contributed by atoms with Crippen LogP contribution in [-0.2, 0) is 31.3 Å². The third-order valence-corrected chi connectivity index (χ3v) is 13.3. The summed E-state index contributed by atoms with van der Waals surface area (Å²) in [5.41, 5.74) is 3.43. The predicted octanol–water partition coefficient (Wildman–Crippen LogP) is 6.55. The number of halogens is 1. The number of amides is 1. The highest BCUT2D eigenvalue weighted by atomic mass is 35.5. The van der Waals surface area contributed by atoms with Crippen LogP contribution in [0, 0.1) is 23.7 Å². The molecule has 2 aliphatic heterocycles. The van der Waals surface area contributed by atoms with Gasteiger partial charge >= 0.3 is 0 Å². The SMILES string of the molecule is COCCO[C@H]1/C=C/C[C@@H](C)[C@@H](C(C)C)S(=O)(=O)NC(=O)c2ccc3c(c2)N(C[C@@H]2CC[C@H]21)C[C@@]1(CCCc2cc(Cl)ccc21)CO3. The van der Waals surface area contributed by atoms with Crippen molar-refractivity contribution in [3.8, 4) is 5.75 Å². The van der Waals surface area contributed by atoms with Crippen molar-refractivity contribution in [2.24, 2.45) is 23.7 Å². The number of anilines is 1. The lowest BCUT2D eigenvalue weighted by atomic mass is 9.68. The second-order valence-electron chi connectivity index (χ2n) is 14.4. The molecule has 1 N–H and O–H groups in total. The summed E-state index contributed by atoms with van der Waals surface area (Å²) < 4.78 is 48.3. The number of carbonyl (C=O) groups is 1. The van der Waals surface area contributed by atoms with E-state index in [1.165, 1.54) is 11.1 Å². The fourth-order valence-electron chi connectivity index (χ4n) is 8.52. The first-order chi connectivity index (χ1) is 22.5. The molecule has 1 amide bonds. The van der Waals surface area contributed by atoms with Crippen LogP contribution in [0.5, 0.6) is 5.75 Å². The number of sulfonamides is 1. The summed E-state index contributed by atoms with van der Waals surface area (Å²) in [5, 5.41) is 0.00179. The van der Waals surface area contributed by atoms with E-state index in [1.54, 1.807) is 13.2 Å². The molecule has 10 heteroatoms. The molecule has 1 spiro atoms. The molecule has 0 unspecified atom stereocenters. The van der Waals surface area contributed by atoms with Crippen molar-refractivity contribution in [2.45, 2.75) is 76.1 Å². The number of carbonyl (C=O) groups excluding carboxylic acids is 1. The fraction of sp³-hybridized carbons (Fsp3) is 0.595. The number of hydrogen-bond acceptors (Lipinski definition) is 7. The number of hydrogen-bond donors (Lipinski definition) is 1. The normalized spacial score (nSPS) is 31.1. The zero-order chi connectivity index (χ0) is 33.3. The van der Waals surface area contributed by atoms with E-state index in [4.69, 9.17) is 25.8 Å². The zero-order valence-corrected chi connectivity index (χ0v) is 29.6. The van der Waals surface area contributed by atoms with E-state index in [0.717, 1.165) is 55.9 Å². The molecule has 6 rings (SSSR count). The zero-order valence-electron chi connectivity index (χ0n) is 28.0. The van der Waals surface area contributed by atoms with E-state index >= 15 is 0 Å². The lowest BCUT2D eigenvalue weighted by Gasteiger charge is -2.46. The highest BCUT2D eigenvalue weighted by molar-refractivity contribution is 7.90. The molecule has 0 aromatic heterocycles. The molecule has 8 nitrogen and oxygen atoms in total. The number of rotatable bonds is 5. The van der Waals surface area contributed by atoms with E-state index in [2.05, 4.69) is 33.9 Å². The average Bonchev–Trinajstić information content (AvgIpc) is 3.15. The Labute approximate surface area is 285 Å². The highest BCUT2D eigenvalue weighted by Gasteiger charge is 2.45. The quantitative estimate of drug-likeness (QED) is 0.282. The number of fused-ring (bicyclic) bond motifs is 4. The molecule has 6 atom stereocenters. The molecule has 2 bridgehead atoms. The van der Waals surface area contributed by atoms with Crippen molar-refractivity contribution < 1.29 is 27.4 Å². The molecule has 2 aliphatic carbocycles. The number of nitrogens with one attached hydrogen (secondary N) is 1. The Morgan fingerprint density at radius 2 is 1.98 bits per heavy atom. The van der Waals surface area contributed by atoms with Crippen LogP contribution >= 0.6 is 11.6 Å². The van der Waals surface area contributed by atoms with Gasteiger partial charge in [0, 0.05) is 36.2 Å². The Bertz CT molecular complexity index is 1600. The molecule has 2 heterocycles. The molecular weight excluding hydrogens is 636 g/mol. The first-order valence-corrected chi connectivity index (χ1v) is 19.1. The van der Waals surface area contributed by atoms with Crippen LogP contribution in [0.15, 0.2) is 48.6 Å². The monoisotopic (exact) mass is 684 g/mol. The molecule has 2 aromatic rings. The molecule has 256 valence electrons. The lowest BCUT2D eigenvalue weighted by Crippen LogP contribution is -2.49. The number of ether oxygens (including phenoxy) is 3. The first kappa shape index (κ1) is 34.3. The number of allylic oxidation sites excluding steroid dienone is 1. The average molecular weight is 685 g/mol. The van der Waals surface area contributed by atoms with Crippen LogP contribution in [0.2, 0.25) is 5.02 Å². The maximum absolute atomic E-state index is 13.8. The van der Waals surface area contributed by atoms with Crippen LogP contribution in [-0.4, -0.2) is 65.7 Å². The maximum atomic E-state index is 13.8. The summed E-state index contributed by atoms with van der Waals surface area (Å²) >= 11 is 6.44. The Morgan fingerprint density at radius 3 is 2.72 bits per heavy atom. The number of methoxy groups -OCH3 is 1. The number of nitrogens with zero attached hydrogens (tertiary/aromatic N) is 1. The molecular formula is C37H49ClN2O6S. The van der Waals surface area contributed by atoms with Gasteiger partial charge in [0.25, 0.3) is 5.91 Å². The summed E-state index contributed by atoms with van der Waals surface area (Å²) in [5.74, 6) is 0.381. The fourth-order valence-corrected chi connectivity index (χ4v) is 10.7. The minimum Gasteiger partial charge on any atom is -0.490 e. The standard InChI is InChI=1S/C37H49ClN2O6S/c1-24(2)35-25(3)7-5-9-33(45-18-17-44-4)30-13-10-28(30)21-40-22-37(16-6-8-26-19-29(38)12-14-31(26)37)23-46-34-15-11-27(20-32(34)40)36(41)39-47(35,42)43/h5,9,11-12,14-15,19-20,24-25,28,30,33,35H,6-8,10,13,16-18,21-23H2,1-4H3,(H,39,41)/b9-5+/t25-,28+,30-,33+,35-,37+/m1/s1. The van der Waals surface area contributed by atoms with Crippen molar-refractivity contribution in [3.63, 3.8) is 0 Å². The molecule has 2 aromatic carbocycles. The third-order valence-electron chi connectivity index (χ3n) is 10.9. The van der Waals surface area contributed by atoms with Gasteiger partial charge < -0.3 is 19.1 Å². The van der Waals surface area contributed by atoms with Gasteiger partial charge in [-0.3, -0.25) is 4.79 Å². The van der Waals surface area contributed by atoms with Crippen molar-refractivity contribution in [1.29, 1.82) is 0 Å². The summed E-state index contributed by atoms with van der Waals surface area (Å²) in [7, 11) is -2.30. The molecule has 0 saturated heterocycles. The van der Waals surface area contributed by atoms with Gasteiger partial charge in [0.2, 0.25) is 10.0 Å². The highest BCUT2D eigenvalue weighted by Crippen LogP contribution is 2.47. The third kappa shape index (κ3) is 7.10. The van der Waals surface area contributed by atoms with Gasteiger partial charge in [-0.25, -0.2) is 13.1 Å². The molecule has 1 fully saturated rings. The second kappa shape index (κ2) is 14.1. The van der Waals surface area contributed by atoms with Crippen LogP contribution in [0.1, 0.15) is 74.4 Å². The summed E-state index contributed by atoms with van der Waals surface area (Å²) in [6, 6.07) is 11.6. The van der Waals surface area contributed by atoms with Gasteiger partial charge in [-0.05, 0) is 104 Å². The summed E-state index contributed by atoms with van der Waals surface area (Å²) in [6.07, 6.45) is 9.81. The molecule has 1 saturated carbocycles. The van der Waals surface area contributed by atoms with E-state index in [1.807, 2.05) is 39.0 Å². The Kier molecular flexibility index (Phi) is 10.3. The van der Waals surface area contributed by atoms with Crippen molar-refractivity contribution in [3.05, 3.63) is 70.3 Å². The summed E-state index contributed by atoms with van der Waals surface area (Å²) in [4.78, 5) is 16.1. The van der Waals surface area contributed by atoms with Crippen LogP contribution < -0.4 is 14.4 Å². The Hall–Kier alpha value is -2.59. The van der Waals surface area contributed by atoms with E-state index in [0.29, 0.717) is 49.4 Å². The van der Waals surface area contributed by atoms with Gasteiger partial charge in [-0.1, -0.05) is 50.6 Å². The lowest BCUT2D eigenvalue weighted by molar-refractivity contribution is -0.0309. The van der Waals surface area contributed by atoms with Gasteiger partial charge in [0.1, 0.15) is 5.75 Å². The van der Waals surface area contributed by atoms with Gasteiger partial charge in [0.05, 0.1) is 36.9 Å². The number of aryl methyl sites for hydroxylation is 1. The summed E-state index contributed by atoms with van der Waals surface area (Å²) in [6.45, 7) is 8.75. The first-order valence-electron chi connectivity index (χ1n) is 17.2. The van der Waals surface area contributed by atoms with Crippen molar-refractivity contribution in [1.82, 2.24) is 4.72 Å². The molecule has 4 aliphatic rings. The van der Waals surface area contributed by atoms with E-state index in [9.17, 15) is 13.2 Å². The van der Waals surface area contributed by atoms with Crippen LogP contribution in [0.4, 0.5) is 5.69 Å². The van der Waals surface area contributed by atoms with Crippen LogP contribution in [0.3, 0.4) is 0 Å². The largest absolute Gasteiger partial charge is 0.490 e. The topological polar surface area (TPSA) is 94.2 Å². The Morgan fingerprint density at radius 1 is 1.15 bits per heavy atom. The van der Waals surface area contributed by atoms with E-state index < -0.39 is 21.2 Å². The molecule has 0 radical (unpaired) electrons. The molecule has 47 heavy (non-hydrogen) atoms. The van der Waals surface area contributed by atoms with Crippen molar-refractivity contribution >= 4 is 33.2 Å². The van der Waals surface area contributed by atoms with Gasteiger partial charge in [-0.2, -0.15) is 0 Å². The number of benzene rings is 2. The van der Waals surface area contributed by atoms with Gasteiger partial charge in [0.15, 0.2) is 0 Å². The minimum atomic E-state index is -3.97. The van der Waals surface area contributed by atoms with E-state index in [-0.39, 0.29) is 23.4 Å². The predicted molar refractivity (Wildman–Crippen MR) is 186 cm³/mol. The minimum absolute atomic E-state index is 0.0987. The second-order valence-corrected chi connectivity index (χ2v) is 16.7.